The highest BCUT2D eigenvalue weighted by atomic mass is 32.2. The van der Waals surface area contributed by atoms with Crippen molar-refractivity contribution in [3.8, 4) is 0 Å². The molecular weight excluding hydrogens is 336 g/mol. The average Bonchev–Trinajstić information content (AvgIpc) is 2.63. The fraction of sp³-hybridized carbons (Fsp3) is 0.632. The summed E-state index contributed by atoms with van der Waals surface area (Å²) in [4.78, 5) is 14.7. The number of sulfonamides is 1. The molecule has 5 nitrogen and oxygen atoms in total. The van der Waals surface area contributed by atoms with Gasteiger partial charge in [0.2, 0.25) is 15.9 Å². The van der Waals surface area contributed by atoms with Crippen molar-refractivity contribution in [1.82, 2.24) is 9.21 Å². The lowest BCUT2D eigenvalue weighted by Gasteiger charge is -2.30. The second kappa shape index (κ2) is 7.87. The molecule has 138 valence electrons. The summed E-state index contributed by atoms with van der Waals surface area (Å²) in [6.07, 6.45) is 5.44. The molecule has 3 rings (SSSR count). The highest BCUT2D eigenvalue weighted by Crippen LogP contribution is 2.21. The maximum Gasteiger partial charge on any atom is 0.243 e. The minimum absolute atomic E-state index is 0.138. The fourth-order valence-corrected chi connectivity index (χ4v) is 5.10. The van der Waals surface area contributed by atoms with E-state index in [1.165, 1.54) is 0 Å². The van der Waals surface area contributed by atoms with Crippen LogP contribution in [-0.2, 0) is 21.2 Å². The van der Waals surface area contributed by atoms with E-state index in [0.29, 0.717) is 30.3 Å². The van der Waals surface area contributed by atoms with E-state index < -0.39 is 10.0 Å². The number of amides is 1. The maximum atomic E-state index is 12.6. The Morgan fingerprint density at radius 3 is 2.20 bits per heavy atom. The molecule has 0 saturated carbocycles. The van der Waals surface area contributed by atoms with E-state index in [4.69, 9.17) is 0 Å². The Hall–Kier alpha value is -1.40. The lowest BCUT2D eigenvalue weighted by Crippen LogP contribution is -2.38. The number of piperidine rings is 2. The van der Waals surface area contributed by atoms with Gasteiger partial charge in [0, 0.05) is 26.2 Å². The molecule has 0 bridgehead atoms. The number of likely N-dealkylation sites (tertiary alicyclic amines) is 1. The second-order valence-corrected chi connectivity index (χ2v) is 9.29. The first kappa shape index (κ1) is 18.4. The summed E-state index contributed by atoms with van der Waals surface area (Å²) in [5, 5.41) is 0. The number of rotatable bonds is 4. The summed E-state index contributed by atoms with van der Waals surface area (Å²) in [6, 6.07) is 6.85. The van der Waals surface area contributed by atoms with Gasteiger partial charge >= 0.3 is 0 Å². The summed E-state index contributed by atoms with van der Waals surface area (Å²) in [5.74, 6) is 0.835. The molecule has 0 spiro atoms. The predicted molar refractivity (Wildman–Crippen MR) is 97.7 cm³/mol. The van der Waals surface area contributed by atoms with E-state index in [1.807, 2.05) is 4.90 Å². The Morgan fingerprint density at radius 2 is 1.60 bits per heavy atom. The Balaban J connectivity index is 1.63. The standard InChI is InChI=1S/C19H28N2O3S/c1-16-9-13-20(14-10-16)19(22)15-17-5-7-18(8-6-17)25(23,24)21-11-3-2-4-12-21/h5-8,16H,2-4,9-15H2,1H3. The summed E-state index contributed by atoms with van der Waals surface area (Å²) >= 11 is 0. The van der Waals surface area contributed by atoms with Crippen molar-refractivity contribution in [2.75, 3.05) is 26.2 Å². The van der Waals surface area contributed by atoms with Crippen LogP contribution in [0.1, 0.15) is 44.6 Å². The first-order valence-corrected chi connectivity index (χ1v) is 10.8. The topological polar surface area (TPSA) is 57.7 Å². The molecule has 0 atom stereocenters. The van der Waals surface area contributed by atoms with E-state index in [0.717, 1.165) is 50.8 Å². The number of benzene rings is 1. The van der Waals surface area contributed by atoms with Crippen molar-refractivity contribution in [2.24, 2.45) is 5.92 Å². The van der Waals surface area contributed by atoms with Crippen molar-refractivity contribution in [2.45, 2.75) is 50.3 Å². The third kappa shape index (κ3) is 4.42. The van der Waals surface area contributed by atoms with Crippen LogP contribution in [0.5, 0.6) is 0 Å². The number of hydrogen-bond donors (Lipinski definition) is 0. The second-order valence-electron chi connectivity index (χ2n) is 7.35. The van der Waals surface area contributed by atoms with Crippen molar-refractivity contribution in [1.29, 1.82) is 0 Å². The molecule has 2 aliphatic rings. The van der Waals surface area contributed by atoms with Gasteiger partial charge in [-0.25, -0.2) is 8.42 Å². The van der Waals surface area contributed by atoms with Gasteiger partial charge in [0.05, 0.1) is 11.3 Å². The molecule has 6 heteroatoms. The summed E-state index contributed by atoms with van der Waals surface area (Å²) in [7, 11) is -3.40. The highest BCUT2D eigenvalue weighted by Gasteiger charge is 2.26. The molecule has 0 aliphatic carbocycles. The molecule has 2 saturated heterocycles. The van der Waals surface area contributed by atoms with Crippen LogP contribution < -0.4 is 0 Å². The number of carbonyl (C=O) groups is 1. The smallest absolute Gasteiger partial charge is 0.243 e. The van der Waals surface area contributed by atoms with Crippen LogP contribution in [0.25, 0.3) is 0 Å². The van der Waals surface area contributed by atoms with E-state index in [2.05, 4.69) is 6.92 Å². The van der Waals surface area contributed by atoms with Crippen LogP contribution in [0, 0.1) is 5.92 Å². The monoisotopic (exact) mass is 364 g/mol. The van der Waals surface area contributed by atoms with Gasteiger partial charge in [-0.05, 0) is 49.3 Å². The quantitative estimate of drug-likeness (QED) is 0.825. The van der Waals surface area contributed by atoms with E-state index >= 15 is 0 Å². The molecule has 0 unspecified atom stereocenters. The normalized spacial score (nSPS) is 20.6. The molecule has 2 aliphatic heterocycles. The van der Waals surface area contributed by atoms with Gasteiger partial charge in [0.15, 0.2) is 0 Å². The molecule has 2 fully saturated rings. The molecule has 1 amide bonds. The van der Waals surface area contributed by atoms with Crippen LogP contribution in [0.3, 0.4) is 0 Å². The third-order valence-corrected chi connectivity index (χ3v) is 7.28. The molecule has 25 heavy (non-hydrogen) atoms. The number of nitrogens with zero attached hydrogens (tertiary/aromatic N) is 2. The number of hydrogen-bond acceptors (Lipinski definition) is 3. The van der Waals surface area contributed by atoms with Crippen LogP contribution >= 0.6 is 0 Å². The fourth-order valence-electron chi connectivity index (χ4n) is 3.58. The zero-order valence-corrected chi connectivity index (χ0v) is 15.8. The Kier molecular flexibility index (Phi) is 5.79. The van der Waals surface area contributed by atoms with Gasteiger partial charge in [0.1, 0.15) is 0 Å². The van der Waals surface area contributed by atoms with E-state index in [1.54, 1.807) is 28.6 Å². The van der Waals surface area contributed by atoms with E-state index in [9.17, 15) is 13.2 Å². The van der Waals surface area contributed by atoms with Crippen molar-refractivity contribution < 1.29 is 13.2 Å². The number of carbonyl (C=O) groups excluding carboxylic acids is 1. The Morgan fingerprint density at radius 1 is 1.00 bits per heavy atom. The van der Waals surface area contributed by atoms with Crippen LogP contribution in [-0.4, -0.2) is 49.7 Å². The first-order valence-electron chi connectivity index (χ1n) is 9.33. The third-order valence-electron chi connectivity index (χ3n) is 5.37. The highest BCUT2D eigenvalue weighted by molar-refractivity contribution is 7.89. The van der Waals surface area contributed by atoms with Gasteiger partial charge in [-0.2, -0.15) is 4.31 Å². The van der Waals surface area contributed by atoms with Crippen molar-refractivity contribution in [3.05, 3.63) is 29.8 Å². The van der Waals surface area contributed by atoms with Gasteiger partial charge in [-0.3, -0.25) is 4.79 Å². The zero-order chi connectivity index (χ0) is 17.9. The minimum atomic E-state index is -3.40. The summed E-state index contributed by atoms with van der Waals surface area (Å²) in [5.41, 5.74) is 0.876. The van der Waals surface area contributed by atoms with Gasteiger partial charge < -0.3 is 4.90 Å². The lowest BCUT2D eigenvalue weighted by molar-refractivity contribution is -0.131. The summed E-state index contributed by atoms with van der Waals surface area (Å²) in [6.45, 7) is 5.11. The largest absolute Gasteiger partial charge is 0.342 e. The lowest BCUT2D eigenvalue weighted by atomic mass is 9.98. The zero-order valence-electron chi connectivity index (χ0n) is 15.0. The minimum Gasteiger partial charge on any atom is -0.342 e. The van der Waals surface area contributed by atoms with Gasteiger partial charge in [-0.1, -0.05) is 25.5 Å². The van der Waals surface area contributed by atoms with Crippen molar-refractivity contribution >= 4 is 15.9 Å². The van der Waals surface area contributed by atoms with Crippen LogP contribution in [0.15, 0.2) is 29.2 Å². The molecule has 1 aromatic carbocycles. The Labute approximate surface area is 151 Å². The SMILES string of the molecule is CC1CCN(C(=O)Cc2ccc(S(=O)(=O)N3CCCCC3)cc2)CC1. The van der Waals surface area contributed by atoms with Crippen LogP contribution in [0.4, 0.5) is 0 Å². The van der Waals surface area contributed by atoms with Crippen molar-refractivity contribution in [3.63, 3.8) is 0 Å². The molecule has 1 aromatic rings. The molecule has 0 radical (unpaired) electrons. The summed E-state index contributed by atoms with van der Waals surface area (Å²) < 4.78 is 26.9. The molecule has 0 N–H and O–H groups in total. The van der Waals surface area contributed by atoms with Gasteiger partial charge in [-0.15, -0.1) is 0 Å². The predicted octanol–water partition coefficient (Wildman–Crippen LogP) is 2.66. The maximum absolute atomic E-state index is 12.6. The van der Waals surface area contributed by atoms with E-state index in [-0.39, 0.29) is 5.91 Å². The molecule has 0 aromatic heterocycles. The van der Waals surface area contributed by atoms with Crippen LogP contribution in [0.2, 0.25) is 0 Å². The molecule has 2 heterocycles. The first-order chi connectivity index (χ1) is 12.0. The average molecular weight is 365 g/mol. The Bertz CT molecular complexity index is 686. The van der Waals surface area contributed by atoms with Gasteiger partial charge in [0.25, 0.3) is 0 Å². The molecular formula is C19H28N2O3S.